The molecule has 0 atom stereocenters. The normalized spacial score (nSPS) is 13.3. The van der Waals surface area contributed by atoms with Crippen LogP contribution in [0, 0.1) is 5.82 Å². The number of amides is 1. The van der Waals surface area contributed by atoms with Crippen LogP contribution in [0.5, 0.6) is 0 Å². The predicted molar refractivity (Wildman–Crippen MR) is 132 cm³/mol. The third-order valence-corrected chi connectivity index (χ3v) is 6.96. The van der Waals surface area contributed by atoms with Gasteiger partial charge in [0.1, 0.15) is 5.82 Å². The van der Waals surface area contributed by atoms with Gasteiger partial charge in [0.25, 0.3) is 0 Å². The summed E-state index contributed by atoms with van der Waals surface area (Å²) >= 11 is 1.36. The first-order valence-corrected chi connectivity index (χ1v) is 12.3. The number of rotatable bonds is 8. The van der Waals surface area contributed by atoms with Crippen molar-refractivity contribution < 1.29 is 9.18 Å². The zero-order valence-electron chi connectivity index (χ0n) is 18.8. The Kier molecular flexibility index (Phi) is 6.45. The number of hydrogen-bond donors (Lipinski definition) is 0. The molecule has 1 fully saturated rings. The second-order valence-electron chi connectivity index (χ2n) is 8.40. The summed E-state index contributed by atoms with van der Waals surface area (Å²) in [4.78, 5) is 15.1. The Morgan fingerprint density at radius 3 is 2.15 bits per heavy atom. The minimum atomic E-state index is -0.322. The van der Waals surface area contributed by atoms with Crippen LogP contribution in [0.3, 0.4) is 0 Å². The highest BCUT2D eigenvalue weighted by Crippen LogP contribution is 2.41. The topological polar surface area (TPSA) is 51.0 Å². The van der Waals surface area contributed by atoms with E-state index in [0.29, 0.717) is 16.5 Å². The molecule has 0 aliphatic heterocycles. The van der Waals surface area contributed by atoms with Crippen LogP contribution in [0.25, 0.3) is 11.4 Å². The lowest BCUT2D eigenvalue weighted by Gasteiger charge is -2.29. The number of hydrogen-bond acceptors (Lipinski definition) is 4. The van der Waals surface area contributed by atoms with Crippen molar-refractivity contribution in [2.75, 3.05) is 12.8 Å². The van der Waals surface area contributed by atoms with Crippen LogP contribution in [0.15, 0.2) is 90.1 Å². The first-order chi connectivity index (χ1) is 16.6. The fraction of sp³-hybridized carbons (Fsp3) is 0.222. The minimum absolute atomic E-state index is 0.0134. The first-order valence-electron chi connectivity index (χ1n) is 11.3. The predicted octanol–water partition coefficient (Wildman–Crippen LogP) is 5.76. The Hall–Kier alpha value is -3.45. The molecule has 0 saturated heterocycles. The lowest BCUT2D eigenvalue weighted by Crippen LogP contribution is -2.33. The number of halogens is 1. The zero-order chi connectivity index (χ0) is 23.5. The lowest BCUT2D eigenvalue weighted by atomic mass is 9.97. The van der Waals surface area contributed by atoms with Crippen molar-refractivity contribution in [2.24, 2.45) is 0 Å². The van der Waals surface area contributed by atoms with Crippen molar-refractivity contribution in [3.63, 3.8) is 0 Å². The fourth-order valence-electron chi connectivity index (χ4n) is 4.15. The van der Waals surface area contributed by atoms with Gasteiger partial charge >= 0.3 is 0 Å². The summed E-state index contributed by atoms with van der Waals surface area (Å²) in [5.74, 6) is 0.406. The molecule has 1 saturated carbocycles. The van der Waals surface area contributed by atoms with Gasteiger partial charge in [0.15, 0.2) is 11.0 Å². The number of benzene rings is 3. The minimum Gasteiger partial charge on any atom is -0.334 e. The van der Waals surface area contributed by atoms with E-state index in [1.54, 1.807) is 23.1 Å². The van der Waals surface area contributed by atoms with Crippen molar-refractivity contribution in [2.45, 2.75) is 30.1 Å². The van der Waals surface area contributed by atoms with E-state index < -0.39 is 0 Å². The summed E-state index contributed by atoms with van der Waals surface area (Å²) in [5.41, 5.74) is 2.54. The molecule has 0 spiro atoms. The van der Waals surface area contributed by atoms with Gasteiger partial charge in [-0.1, -0.05) is 84.6 Å². The fourth-order valence-corrected chi connectivity index (χ4v) is 5.08. The SMILES string of the molecule is CN(C(=O)CSc1nnc(-c2ccccc2F)n1C1CC1)C(c1ccccc1)c1ccccc1. The van der Waals surface area contributed by atoms with E-state index in [0.717, 1.165) is 24.0 Å². The molecule has 0 bridgehead atoms. The van der Waals surface area contributed by atoms with Gasteiger partial charge in [-0.2, -0.15) is 0 Å². The summed E-state index contributed by atoms with van der Waals surface area (Å²) in [5, 5.41) is 9.27. The van der Waals surface area contributed by atoms with E-state index in [1.807, 2.05) is 72.3 Å². The molecule has 5 rings (SSSR count). The largest absolute Gasteiger partial charge is 0.334 e. The average molecular weight is 473 g/mol. The van der Waals surface area contributed by atoms with E-state index in [9.17, 15) is 9.18 Å². The van der Waals surface area contributed by atoms with Crippen molar-refractivity contribution >= 4 is 17.7 Å². The summed E-state index contributed by atoms with van der Waals surface area (Å²) in [6.45, 7) is 0. The van der Waals surface area contributed by atoms with Crippen molar-refractivity contribution in [3.05, 3.63) is 102 Å². The smallest absolute Gasteiger partial charge is 0.233 e. The van der Waals surface area contributed by atoms with E-state index in [-0.39, 0.29) is 29.6 Å². The number of aromatic nitrogens is 3. The molecule has 0 N–H and O–H groups in total. The van der Waals surface area contributed by atoms with E-state index in [2.05, 4.69) is 10.2 Å². The molecule has 1 aliphatic carbocycles. The van der Waals surface area contributed by atoms with Crippen LogP contribution >= 0.6 is 11.8 Å². The molecule has 1 heterocycles. The van der Waals surface area contributed by atoms with Gasteiger partial charge in [0.05, 0.1) is 17.4 Å². The van der Waals surface area contributed by atoms with Crippen molar-refractivity contribution in [1.82, 2.24) is 19.7 Å². The van der Waals surface area contributed by atoms with Crippen molar-refractivity contribution in [1.29, 1.82) is 0 Å². The summed E-state index contributed by atoms with van der Waals surface area (Å²) < 4.78 is 16.4. The molecule has 0 radical (unpaired) electrons. The quantitative estimate of drug-likeness (QED) is 0.306. The average Bonchev–Trinajstić information content (AvgIpc) is 3.63. The molecule has 172 valence electrons. The maximum atomic E-state index is 14.4. The Morgan fingerprint density at radius 1 is 0.971 bits per heavy atom. The molecule has 4 aromatic rings. The third-order valence-electron chi connectivity index (χ3n) is 6.03. The Labute approximate surface area is 202 Å². The number of nitrogens with zero attached hydrogens (tertiary/aromatic N) is 4. The number of carbonyl (C=O) groups is 1. The monoisotopic (exact) mass is 472 g/mol. The zero-order valence-corrected chi connectivity index (χ0v) is 19.7. The van der Waals surface area contributed by atoms with Gasteiger partial charge in [-0.05, 0) is 36.1 Å². The Bertz CT molecular complexity index is 1230. The molecular formula is C27H25FN4OS. The van der Waals surface area contributed by atoms with E-state index in [1.165, 1.54) is 17.8 Å². The number of thioether (sulfide) groups is 1. The standard InChI is InChI=1S/C27H25FN4OS/c1-31(25(19-10-4-2-5-11-19)20-12-6-3-7-13-20)24(33)18-34-27-30-29-26(32(27)21-16-17-21)22-14-8-9-15-23(22)28/h2-15,21,25H,16-18H2,1H3. The van der Waals surface area contributed by atoms with E-state index >= 15 is 0 Å². The van der Waals surface area contributed by atoms with Gasteiger partial charge in [-0.15, -0.1) is 10.2 Å². The van der Waals surface area contributed by atoms with Crippen LogP contribution in [0.1, 0.15) is 36.1 Å². The van der Waals surface area contributed by atoms with Crippen LogP contribution in [-0.4, -0.2) is 38.4 Å². The maximum absolute atomic E-state index is 14.4. The Balaban J connectivity index is 1.37. The summed E-state index contributed by atoms with van der Waals surface area (Å²) in [6.07, 6.45) is 2.01. The number of carbonyl (C=O) groups excluding carboxylic acids is 1. The second-order valence-corrected chi connectivity index (χ2v) is 9.35. The lowest BCUT2D eigenvalue weighted by molar-refractivity contribution is -0.128. The molecular weight excluding hydrogens is 447 g/mol. The molecule has 3 aromatic carbocycles. The highest BCUT2D eigenvalue weighted by molar-refractivity contribution is 7.99. The summed E-state index contributed by atoms with van der Waals surface area (Å²) in [7, 11) is 1.84. The summed E-state index contributed by atoms with van der Waals surface area (Å²) in [6, 6.07) is 26.7. The molecule has 34 heavy (non-hydrogen) atoms. The van der Waals surface area contributed by atoms with Gasteiger partial charge in [-0.25, -0.2) is 4.39 Å². The van der Waals surface area contributed by atoms with Gasteiger partial charge in [-0.3, -0.25) is 9.36 Å². The first kappa shape index (κ1) is 22.3. The molecule has 1 amide bonds. The van der Waals surface area contributed by atoms with Crippen LogP contribution in [0.4, 0.5) is 4.39 Å². The van der Waals surface area contributed by atoms with Crippen LogP contribution in [-0.2, 0) is 4.79 Å². The van der Waals surface area contributed by atoms with E-state index in [4.69, 9.17) is 0 Å². The molecule has 1 aromatic heterocycles. The van der Waals surface area contributed by atoms with Crippen LogP contribution < -0.4 is 0 Å². The Morgan fingerprint density at radius 2 is 1.56 bits per heavy atom. The molecule has 0 unspecified atom stereocenters. The van der Waals surface area contributed by atoms with Crippen molar-refractivity contribution in [3.8, 4) is 11.4 Å². The highest BCUT2D eigenvalue weighted by Gasteiger charge is 2.31. The molecule has 5 nitrogen and oxygen atoms in total. The third kappa shape index (κ3) is 4.61. The van der Waals surface area contributed by atoms with Gasteiger partial charge in [0.2, 0.25) is 5.91 Å². The maximum Gasteiger partial charge on any atom is 0.233 e. The van der Waals surface area contributed by atoms with Crippen LogP contribution in [0.2, 0.25) is 0 Å². The molecule has 1 aliphatic rings. The van der Waals surface area contributed by atoms with Gasteiger partial charge in [0, 0.05) is 13.1 Å². The molecule has 7 heteroatoms. The highest BCUT2D eigenvalue weighted by atomic mass is 32.2. The second kappa shape index (κ2) is 9.81. The van der Waals surface area contributed by atoms with Gasteiger partial charge < -0.3 is 4.90 Å².